The van der Waals surface area contributed by atoms with Gasteiger partial charge in [0, 0.05) is 27.2 Å². The lowest BCUT2D eigenvalue weighted by atomic mass is 10.3. The maximum Gasteiger partial charge on any atom is 0.232 e. The third-order valence-corrected chi connectivity index (χ3v) is 3.17. The molecule has 0 amide bonds. The van der Waals surface area contributed by atoms with Gasteiger partial charge in [-0.2, -0.15) is 15.0 Å². The number of aromatic nitrogens is 3. The molecule has 2 heterocycles. The van der Waals surface area contributed by atoms with Crippen LogP contribution in [0.5, 0.6) is 0 Å². The summed E-state index contributed by atoms with van der Waals surface area (Å²) in [4.78, 5) is 17.6. The summed E-state index contributed by atoms with van der Waals surface area (Å²) < 4.78 is 5.47. The van der Waals surface area contributed by atoms with Crippen molar-refractivity contribution in [2.24, 2.45) is 0 Å². The summed E-state index contributed by atoms with van der Waals surface area (Å²) in [6.07, 6.45) is 1.03. The number of ether oxygens (including phenoxy) is 1. The molecule has 7 nitrogen and oxygen atoms in total. The highest BCUT2D eigenvalue weighted by molar-refractivity contribution is 5.45. The Balaban J connectivity index is 2.27. The Bertz CT molecular complexity index is 439. The predicted molar refractivity (Wildman–Crippen MR) is 80.6 cm³/mol. The largest absolute Gasteiger partial charge is 0.377 e. The second-order valence-electron chi connectivity index (χ2n) is 5.20. The Labute approximate surface area is 120 Å². The van der Waals surface area contributed by atoms with Crippen LogP contribution in [0.1, 0.15) is 20.3 Å². The van der Waals surface area contributed by atoms with E-state index >= 15 is 0 Å². The van der Waals surface area contributed by atoms with Crippen LogP contribution in [0.4, 0.5) is 17.8 Å². The molecule has 7 heteroatoms. The SMILES string of the molecule is CCCNc1nc(N(C)C)nc(N2CCOCC2C)n1. The highest BCUT2D eigenvalue weighted by Crippen LogP contribution is 2.19. The van der Waals surface area contributed by atoms with Crippen molar-refractivity contribution in [2.45, 2.75) is 26.3 Å². The van der Waals surface area contributed by atoms with E-state index in [1.807, 2.05) is 19.0 Å². The zero-order valence-corrected chi connectivity index (χ0v) is 12.8. The smallest absolute Gasteiger partial charge is 0.232 e. The van der Waals surface area contributed by atoms with Crippen LogP contribution in [0.3, 0.4) is 0 Å². The van der Waals surface area contributed by atoms with Crippen LogP contribution in [0.2, 0.25) is 0 Å². The molecule has 0 aromatic carbocycles. The van der Waals surface area contributed by atoms with Crippen LogP contribution in [0.15, 0.2) is 0 Å². The molecule has 1 atom stereocenters. The standard InChI is InChI=1S/C13H24N6O/c1-5-6-14-11-15-12(18(3)4)17-13(16-11)19-7-8-20-9-10(19)2/h10H,5-9H2,1-4H3,(H,14,15,16,17). The summed E-state index contributed by atoms with van der Waals surface area (Å²) in [6, 6.07) is 0.278. The molecule has 2 rings (SSSR count). The summed E-state index contributed by atoms with van der Waals surface area (Å²) in [7, 11) is 3.87. The van der Waals surface area contributed by atoms with Crippen LogP contribution in [-0.2, 0) is 4.74 Å². The van der Waals surface area contributed by atoms with Gasteiger partial charge in [0.15, 0.2) is 0 Å². The Kier molecular flexibility index (Phi) is 4.94. The molecule has 1 aromatic rings. The molecule has 1 fully saturated rings. The van der Waals surface area contributed by atoms with E-state index in [1.165, 1.54) is 0 Å². The molecule has 0 aliphatic carbocycles. The van der Waals surface area contributed by atoms with Crippen molar-refractivity contribution < 1.29 is 4.74 Å². The number of anilines is 3. The minimum absolute atomic E-state index is 0.278. The lowest BCUT2D eigenvalue weighted by molar-refractivity contribution is 0.0981. The zero-order valence-electron chi connectivity index (χ0n) is 12.8. The molecule has 1 saturated heterocycles. The fraction of sp³-hybridized carbons (Fsp3) is 0.769. The number of nitrogens with zero attached hydrogens (tertiary/aromatic N) is 5. The van der Waals surface area contributed by atoms with Crippen molar-refractivity contribution in [3.63, 3.8) is 0 Å². The molecule has 20 heavy (non-hydrogen) atoms. The van der Waals surface area contributed by atoms with Gasteiger partial charge in [0.25, 0.3) is 0 Å². The van der Waals surface area contributed by atoms with Gasteiger partial charge in [-0.05, 0) is 13.3 Å². The summed E-state index contributed by atoms with van der Waals surface area (Å²) in [6.45, 7) is 7.33. The average Bonchev–Trinajstić information content (AvgIpc) is 2.45. The molecule has 1 N–H and O–H groups in total. The second kappa shape index (κ2) is 6.69. The second-order valence-corrected chi connectivity index (χ2v) is 5.20. The fourth-order valence-electron chi connectivity index (χ4n) is 2.02. The van der Waals surface area contributed by atoms with Gasteiger partial charge in [-0.25, -0.2) is 0 Å². The first kappa shape index (κ1) is 14.8. The molecule has 1 aromatic heterocycles. The summed E-state index contributed by atoms with van der Waals surface area (Å²) >= 11 is 0. The van der Waals surface area contributed by atoms with Gasteiger partial charge in [0.2, 0.25) is 17.8 Å². The summed E-state index contributed by atoms with van der Waals surface area (Å²) in [5, 5.41) is 3.24. The number of rotatable bonds is 5. The van der Waals surface area contributed by atoms with Gasteiger partial charge in [0.05, 0.1) is 19.3 Å². The van der Waals surface area contributed by atoms with Crippen molar-refractivity contribution in [1.29, 1.82) is 0 Å². The summed E-state index contributed by atoms with van der Waals surface area (Å²) in [5.74, 6) is 2.03. The first-order valence-corrected chi connectivity index (χ1v) is 7.13. The van der Waals surface area contributed by atoms with Crippen LogP contribution in [0, 0.1) is 0 Å². The van der Waals surface area contributed by atoms with E-state index in [0.717, 1.165) is 25.5 Å². The van der Waals surface area contributed by atoms with Gasteiger partial charge in [-0.1, -0.05) is 6.92 Å². The Hall–Kier alpha value is -1.63. The van der Waals surface area contributed by atoms with E-state index in [1.54, 1.807) is 0 Å². The molecule has 0 spiro atoms. The predicted octanol–water partition coefficient (Wildman–Crippen LogP) is 0.985. The Morgan fingerprint density at radius 3 is 2.80 bits per heavy atom. The minimum Gasteiger partial charge on any atom is -0.377 e. The molecule has 112 valence electrons. The number of hydrogen-bond donors (Lipinski definition) is 1. The first-order valence-electron chi connectivity index (χ1n) is 7.13. The van der Waals surface area contributed by atoms with Crippen LogP contribution in [0.25, 0.3) is 0 Å². The monoisotopic (exact) mass is 280 g/mol. The lowest BCUT2D eigenvalue weighted by Crippen LogP contribution is -2.44. The maximum atomic E-state index is 5.47. The molecule has 0 bridgehead atoms. The van der Waals surface area contributed by atoms with Crippen molar-refractivity contribution in [3.8, 4) is 0 Å². The van der Waals surface area contributed by atoms with Gasteiger partial charge < -0.3 is 19.9 Å². The number of hydrogen-bond acceptors (Lipinski definition) is 7. The van der Waals surface area contributed by atoms with Crippen LogP contribution in [-0.4, -0.2) is 61.4 Å². The molecular weight excluding hydrogens is 256 g/mol. The van der Waals surface area contributed by atoms with Gasteiger partial charge >= 0.3 is 0 Å². The normalized spacial score (nSPS) is 19.0. The summed E-state index contributed by atoms with van der Waals surface area (Å²) in [5.41, 5.74) is 0. The Morgan fingerprint density at radius 2 is 2.15 bits per heavy atom. The van der Waals surface area contributed by atoms with Crippen LogP contribution >= 0.6 is 0 Å². The minimum atomic E-state index is 0.278. The van der Waals surface area contributed by atoms with Crippen molar-refractivity contribution in [1.82, 2.24) is 15.0 Å². The van der Waals surface area contributed by atoms with Crippen molar-refractivity contribution in [2.75, 3.05) is 55.5 Å². The van der Waals surface area contributed by atoms with Crippen molar-refractivity contribution >= 4 is 17.8 Å². The van der Waals surface area contributed by atoms with Gasteiger partial charge in [-0.15, -0.1) is 0 Å². The van der Waals surface area contributed by atoms with E-state index in [2.05, 4.69) is 39.0 Å². The van der Waals surface area contributed by atoms with Crippen LogP contribution < -0.4 is 15.1 Å². The molecule has 1 unspecified atom stereocenters. The van der Waals surface area contributed by atoms with E-state index < -0.39 is 0 Å². The highest BCUT2D eigenvalue weighted by atomic mass is 16.5. The lowest BCUT2D eigenvalue weighted by Gasteiger charge is -2.33. The van der Waals surface area contributed by atoms with E-state index in [0.29, 0.717) is 25.1 Å². The topological polar surface area (TPSA) is 66.4 Å². The average molecular weight is 280 g/mol. The molecule has 1 aliphatic rings. The van der Waals surface area contributed by atoms with E-state index in [-0.39, 0.29) is 6.04 Å². The zero-order chi connectivity index (χ0) is 14.5. The molecule has 0 saturated carbocycles. The molecular formula is C13H24N6O. The first-order chi connectivity index (χ1) is 9.61. The third kappa shape index (κ3) is 3.47. The van der Waals surface area contributed by atoms with Gasteiger partial charge in [-0.3, -0.25) is 0 Å². The van der Waals surface area contributed by atoms with Gasteiger partial charge in [0.1, 0.15) is 0 Å². The third-order valence-electron chi connectivity index (χ3n) is 3.17. The van der Waals surface area contributed by atoms with Crippen molar-refractivity contribution in [3.05, 3.63) is 0 Å². The van der Waals surface area contributed by atoms with E-state index in [9.17, 15) is 0 Å². The number of morpholine rings is 1. The Morgan fingerprint density at radius 1 is 1.35 bits per heavy atom. The molecule has 0 radical (unpaired) electrons. The maximum absolute atomic E-state index is 5.47. The quantitative estimate of drug-likeness (QED) is 0.862. The fourth-order valence-corrected chi connectivity index (χ4v) is 2.02. The van der Waals surface area contributed by atoms with E-state index in [4.69, 9.17) is 4.74 Å². The number of nitrogens with one attached hydrogen (secondary N) is 1. The highest BCUT2D eigenvalue weighted by Gasteiger charge is 2.23. The molecule has 1 aliphatic heterocycles.